The summed E-state index contributed by atoms with van der Waals surface area (Å²) < 4.78 is 0. The van der Waals surface area contributed by atoms with Crippen LogP contribution in [0.1, 0.15) is 63.1 Å². The Kier molecular flexibility index (Phi) is 5.00. The van der Waals surface area contributed by atoms with Gasteiger partial charge in [0.05, 0.1) is 0 Å². The molecule has 0 heterocycles. The molecule has 0 amide bonds. The first kappa shape index (κ1) is 14.5. The van der Waals surface area contributed by atoms with E-state index in [2.05, 4.69) is 50.4 Å². The van der Waals surface area contributed by atoms with Crippen LogP contribution in [0.3, 0.4) is 0 Å². The fraction of sp³-hybridized carbons (Fsp3) is 0.647. The molecule has 0 bridgehead atoms. The third-order valence-electron chi connectivity index (χ3n) is 4.37. The molecule has 3 N–H and O–H groups in total. The minimum atomic E-state index is 0.302. The molecule has 1 aromatic carbocycles. The molecule has 19 heavy (non-hydrogen) atoms. The summed E-state index contributed by atoms with van der Waals surface area (Å²) in [7, 11) is 0. The quantitative estimate of drug-likeness (QED) is 0.849. The van der Waals surface area contributed by atoms with E-state index in [9.17, 15) is 0 Å². The van der Waals surface area contributed by atoms with Crippen LogP contribution < -0.4 is 11.1 Å². The molecule has 2 rings (SSSR count). The molecule has 1 saturated carbocycles. The van der Waals surface area contributed by atoms with Crippen molar-refractivity contribution in [2.24, 2.45) is 11.7 Å². The molecule has 0 aliphatic heterocycles. The van der Waals surface area contributed by atoms with Gasteiger partial charge in [0.15, 0.2) is 0 Å². The molecule has 0 spiro atoms. The molecule has 1 aromatic rings. The average Bonchev–Trinajstić information content (AvgIpc) is 2.81. The van der Waals surface area contributed by atoms with Crippen molar-refractivity contribution < 1.29 is 0 Å². The van der Waals surface area contributed by atoms with Crippen molar-refractivity contribution in [1.82, 2.24) is 5.32 Å². The molecule has 0 radical (unpaired) electrons. The number of nitrogens with one attached hydrogen (secondary N) is 1. The van der Waals surface area contributed by atoms with Crippen LogP contribution in [0.4, 0.5) is 0 Å². The molecular formula is C17H28N2. The Morgan fingerprint density at radius 3 is 2.26 bits per heavy atom. The van der Waals surface area contributed by atoms with Crippen molar-refractivity contribution in [1.29, 1.82) is 0 Å². The molecule has 3 unspecified atom stereocenters. The van der Waals surface area contributed by atoms with Crippen LogP contribution in [0.2, 0.25) is 0 Å². The highest BCUT2D eigenvalue weighted by atomic mass is 15.0. The Morgan fingerprint density at radius 1 is 1.16 bits per heavy atom. The standard InChI is InChI=1S/C17H28N2/c1-12(2)14-5-7-15(8-6-14)17(11-18)19-16-9-4-13(3)10-16/h5-8,12-13,16-17,19H,4,9-11,18H2,1-3H3. The highest BCUT2D eigenvalue weighted by Crippen LogP contribution is 2.27. The second-order valence-corrected chi connectivity index (χ2v) is 6.39. The maximum absolute atomic E-state index is 5.95. The van der Waals surface area contributed by atoms with Crippen LogP contribution in [0, 0.1) is 5.92 Å². The summed E-state index contributed by atoms with van der Waals surface area (Å²) in [5.74, 6) is 1.45. The Balaban J connectivity index is 2.00. The Morgan fingerprint density at radius 2 is 1.79 bits per heavy atom. The van der Waals surface area contributed by atoms with E-state index in [-0.39, 0.29) is 0 Å². The molecule has 3 atom stereocenters. The van der Waals surface area contributed by atoms with E-state index in [1.807, 2.05) is 0 Å². The number of hydrogen-bond acceptors (Lipinski definition) is 2. The summed E-state index contributed by atoms with van der Waals surface area (Å²) >= 11 is 0. The highest BCUT2D eigenvalue weighted by Gasteiger charge is 2.23. The lowest BCUT2D eigenvalue weighted by Gasteiger charge is -2.22. The predicted molar refractivity (Wildman–Crippen MR) is 82.3 cm³/mol. The van der Waals surface area contributed by atoms with Crippen LogP contribution in [0.15, 0.2) is 24.3 Å². The van der Waals surface area contributed by atoms with Crippen LogP contribution in [0.25, 0.3) is 0 Å². The van der Waals surface area contributed by atoms with Crippen LogP contribution >= 0.6 is 0 Å². The first-order chi connectivity index (χ1) is 9.10. The Hall–Kier alpha value is -0.860. The van der Waals surface area contributed by atoms with Crippen molar-refractivity contribution in [3.63, 3.8) is 0 Å². The zero-order valence-electron chi connectivity index (χ0n) is 12.5. The van der Waals surface area contributed by atoms with Gasteiger partial charge in [0.25, 0.3) is 0 Å². The van der Waals surface area contributed by atoms with Gasteiger partial charge in [-0.15, -0.1) is 0 Å². The van der Waals surface area contributed by atoms with Gasteiger partial charge in [0.2, 0.25) is 0 Å². The minimum absolute atomic E-state index is 0.302. The van der Waals surface area contributed by atoms with Gasteiger partial charge >= 0.3 is 0 Å². The summed E-state index contributed by atoms with van der Waals surface area (Å²) in [5, 5.41) is 3.74. The van der Waals surface area contributed by atoms with E-state index < -0.39 is 0 Å². The highest BCUT2D eigenvalue weighted by molar-refractivity contribution is 5.27. The van der Waals surface area contributed by atoms with Crippen molar-refractivity contribution in [3.8, 4) is 0 Å². The molecule has 1 aliphatic carbocycles. The van der Waals surface area contributed by atoms with Crippen LogP contribution in [-0.4, -0.2) is 12.6 Å². The molecule has 1 aliphatic rings. The molecule has 106 valence electrons. The van der Waals surface area contributed by atoms with Gasteiger partial charge in [-0.3, -0.25) is 0 Å². The second kappa shape index (κ2) is 6.53. The Bertz CT molecular complexity index is 383. The monoisotopic (exact) mass is 260 g/mol. The zero-order valence-corrected chi connectivity index (χ0v) is 12.5. The van der Waals surface area contributed by atoms with Gasteiger partial charge in [0, 0.05) is 18.6 Å². The molecule has 2 heteroatoms. The first-order valence-corrected chi connectivity index (χ1v) is 7.66. The molecule has 2 nitrogen and oxygen atoms in total. The summed E-state index contributed by atoms with van der Waals surface area (Å²) in [6.45, 7) is 7.48. The first-order valence-electron chi connectivity index (χ1n) is 7.66. The summed E-state index contributed by atoms with van der Waals surface area (Å²) in [4.78, 5) is 0. The topological polar surface area (TPSA) is 38.0 Å². The van der Waals surface area contributed by atoms with Gasteiger partial charge in [-0.1, -0.05) is 45.0 Å². The molecule has 1 fully saturated rings. The average molecular weight is 260 g/mol. The third-order valence-corrected chi connectivity index (χ3v) is 4.37. The smallest absolute Gasteiger partial charge is 0.0446 e. The van der Waals surface area contributed by atoms with E-state index in [4.69, 9.17) is 5.73 Å². The lowest BCUT2D eigenvalue weighted by Crippen LogP contribution is -2.35. The van der Waals surface area contributed by atoms with E-state index >= 15 is 0 Å². The summed E-state index contributed by atoms with van der Waals surface area (Å²) in [6.07, 6.45) is 3.93. The van der Waals surface area contributed by atoms with Crippen LogP contribution in [0.5, 0.6) is 0 Å². The van der Waals surface area contributed by atoms with Gasteiger partial charge < -0.3 is 11.1 Å². The fourth-order valence-electron chi connectivity index (χ4n) is 3.06. The van der Waals surface area contributed by atoms with Gasteiger partial charge in [-0.25, -0.2) is 0 Å². The molecular weight excluding hydrogens is 232 g/mol. The summed E-state index contributed by atoms with van der Waals surface area (Å²) in [5.41, 5.74) is 8.68. The van der Waals surface area contributed by atoms with E-state index in [0.29, 0.717) is 24.5 Å². The Labute approximate surface area is 117 Å². The third kappa shape index (κ3) is 3.80. The van der Waals surface area contributed by atoms with Crippen molar-refractivity contribution >= 4 is 0 Å². The maximum Gasteiger partial charge on any atom is 0.0446 e. The maximum atomic E-state index is 5.95. The lowest BCUT2D eigenvalue weighted by molar-refractivity contribution is 0.434. The number of nitrogens with two attached hydrogens (primary N) is 1. The van der Waals surface area contributed by atoms with E-state index in [0.717, 1.165) is 5.92 Å². The summed E-state index contributed by atoms with van der Waals surface area (Å²) in [6, 6.07) is 9.89. The van der Waals surface area contributed by atoms with Crippen molar-refractivity contribution in [2.45, 2.75) is 58.0 Å². The normalized spacial score (nSPS) is 24.9. The number of benzene rings is 1. The van der Waals surface area contributed by atoms with Crippen LogP contribution in [-0.2, 0) is 0 Å². The van der Waals surface area contributed by atoms with E-state index in [1.165, 1.54) is 30.4 Å². The number of rotatable bonds is 5. The SMILES string of the molecule is CC1CCC(NC(CN)c2ccc(C(C)C)cc2)C1. The van der Waals surface area contributed by atoms with E-state index in [1.54, 1.807) is 0 Å². The zero-order chi connectivity index (χ0) is 13.8. The second-order valence-electron chi connectivity index (χ2n) is 6.39. The largest absolute Gasteiger partial charge is 0.329 e. The molecule has 0 aromatic heterocycles. The molecule has 0 saturated heterocycles. The fourth-order valence-corrected chi connectivity index (χ4v) is 3.06. The predicted octanol–water partition coefficient (Wildman–Crippen LogP) is 3.59. The minimum Gasteiger partial charge on any atom is -0.329 e. The van der Waals surface area contributed by atoms with Gasteiger partial charge in [-0.05, 0) is 42.2 Å². The van der Waals surface area contributed by atoms with Gasteiger partial charge in [0.1, 0.15) is 0 Å². The van der Waals surface area contributed by atoms with Crippen molar-refractivity contribution in [3.05, 3.63) is 35.4 Å². The van der Waals surface area contributed by atoms with Crippen molar-refractivity contribution in [2.75, 3.05) is 6.54 Å². The number of hydrogen-bond donors (Lipinski definition) is 2. The lowest BCUT2D eigenvalue weighted by atomic mass is 9.98. The van der Waals surface area contributed by atoms with Gasteiger partial charge in [-0.2, -0.15) is 0 Å².